The molecule has 6 aromatic rings. The van der Waals surface area contributed by atoms with Crippen molar-refractivity contribution >= 4 is 33.3 Å². The van der Waals surface area contributed by atoms with Crippen molar-refractivity contribution in [3.05, 3.63) is 121 Å². The first-order chi connectivity index (χ1) is 16.3. The molecule has 6 rings (SSSR count). The Morgan fingerprint density at radius 3 is 1.91 bits per heavy atom. The van der Waals surface area contributed by atoms with Crippen LogP contribution in [0.15, 0.2) is 115 Å². The molecule has 3 nitrogen and oxygen atoms in total. The van der Waals surface area contributed by atoms with Crippen molar-refractivity contribution < 1.29 is 0 Å². The highest BCUT2D eigenvalue weighted by Gasteiger charge is 2.13. The monoisotopic (exact) mass is 425 g/mol. The Morgan fingerprint density at radius 1 is 0.576 bits per heavy atom. The van der Waals surface area contributed by atoms with E-state index in [1.807, 2.05) is 6.07 Å². The lowest BCUT2D eigenvalue weighted by Crippen LogP contribution is -2.01. The van der Waals surface area contributed by atoms with E-state index in [4.69, 9.17) is 4.98 Å². The van der Waals surface area contributed by atoms with Crippen LogP contribution in [0.3, 0.4) is 0 Å². The molecule has 0 saturated heterocycles. The van der Waals surface area contributed by atoms with Gasteiger partial charge >= 0.3 is 0 Å². The third-order valence-corrected chi connectivity index (χ3v) is 6.17. The second kappa shape index (κ2) is 7.95. The maximum absolute atomic E-state index is 5.02. The normalized spacial score (nSPS) is 11.2. The molecule has 2 aromatic heterocycles. The summed E-state index contributed by atoms with van der Waals surface area (Å²) in [6.07, 6.45) is 0. The number of benzene rings is 4. The Balaban J connectivity index is 1.46. The molecule has 0 radical (unpaired) electrons. The maximum atomic E-state index is 5.02. The number of fused-ring (bicyclic) bond motifs is 3. The van der Waals surface area contributed by atoms with Crippen LogP contribution in [0.4, 0.5) is 11.5 Å². The summed E-state index contributed by atoms with van der Waals surface area (Å²) in [5.41, 5.74) is 6.99. The van der Waals surface area contributed by atoms with E-state index in [0.29, 0.717) is 0 Å². The summed E-state index contributed by atoms with van der Waals surface area (Å²) in [5.74, 6) is 1.71. The van der Waals surface area contributed by atoms with Gasteiger partial charge in [-0.1, -0.05) is 84.9 Å². The zero-order valence-electron chi connectivity index (χ0n) is 18.4. The van der Waals surface area contributed by atoms with Crippen molar-refractivity contribution in [2.75, 3.05) is 5.32 Å². The van der Waals surface area contributed by atoms with E-state index in [9.17, 15) is 0 Å². The van der Waals surface area contributed by atoms with Crippen molar-refractivity contribution in [3.8, 4) is 16.9 Å². The van der Waals surface area contributed by atoms with Crippen LogP contribution in [0, 0.1) is 6.92 Å². The van der Waals surface area contributed by atoms with E-state index in [2.05, 4.69) is 126 Å². The van der Waals surface area contributed by atoms with Crippen LogP contribution in [0.2, 0.25) is 0 Å². The SMILES string of the molecule is Cc1ccccc1-c1ccccc1Nc1cccc(-n2c3ccccc3c3ccccc32)n1. The minimum absolute atomic E-state index is 0.815. The van der Waals surface area contributed by atoms with Crippen LogP contribution in [-0.2, 0) is 0 Å². The smallest absolute Gasteiger partial charge is 0.140 e. The number of pyridine rings is 1. The number of aryl methyl sites for hydroxylation is 1. The predicted octanol–water partition coefficient (Wildman–Crippen LogP) is 7.90. The minimum Gasteiger partial charge on any atom is -0.340 e. The highest BCUT2D eigenvalue weighted by atomic mass is 15.1. The van der Waals surface area contributed by atoms with E-state index in [-0.39, 0.29) is 0 Å². The molecule has 0 spiro atoms. The van der Waals surface area contributed by atoms with E-state index in [1.54, 1.807) is 0 Å². The van der Waals surface area contributed by atoms with Crippen LogP contribution < -0.4 is 5.32 Å². The molecule has 158 valence electrons. The Hall–Kier alpha value is -4.37. The van der Waals surface area contributed by atoms with Crippen molar-refractivity contribution in [1.29, 1.82) is 0 Å². The first-order valence-corrected chi connectivity index (χ1v) is 11.2. The van der Waals surface area contributed by atoms with Gasteiger partial charge in [0.25, 0.3) is 0 Å². The highest BCUT2D eigenvalue weighted by Crippen LogP contribution is 2.34. The van der Waals surface area contributed by atoms with Crippen molar-refractivity contribution in [3.63, 3.8) is 0 Å². The number of hydrogen-bond donors (Lipinski definition) is 1. The molecule has 0 aliphatic heterocycles. The molecule has 0 fully saturated rings. The standard InChI is InChI=1S/C30H23N3/c1-21-11-2-3-12-22(21)23-13-4-7-16-26(23)31-29-19-10-20-30(32-29)33-27-17-8-5-14-24(27)25-15-6-9-18-28(25)33/h2-20H,1H3,(H,31,32). The van der Waals surface area contributed by atoms with Gasteiger partial charge in [-0.05, 0) is 48.4 Å². The lowest BCUT2D eigenvalue weighted by Gasteiger charge is -2.14. The van der Waals surface area contributed by atoms with Gasteiger partial charge in [0.1, 0.15) is 11.6 Å². The van der Waals surface area contributed by atoms with Gasteiger partial charge in [-0.15, -0.1) is 0 Å². The molecular formula is C30H23N3. The average Bonchev–Trinajstić information content (AvgIpc) is 3.20. The summed E-state index contributed by atoms with van der Waals surface area (Å²) >= 11 is 0. The molecule has 0 saturated carbocycles. The summed E-state index contributed by atoms with van der Waals surface area (Å²) in [6.45, 7) is 2.15. The topological polar surface area (TPSA) is 29.9 Å². The van der Waals surface area contributed by atoms with Gasteiger partial charge in [0, 0.05) is 22.0 Å². The van der Waals surface area contributed by atoms with Gasteiger partial charge in [-0.25, -0.2) is 4.98 Å². The highest BCUT2D eigenvalue weighted by molar-refractivity contribution is 6.09. The number of nitrogens with one attached hydrogen (secondary N) is 1. The lowest BCUT2D eigenvalue weighted by molar-refractivity contribution is 1.08. The number of nitrogens with zero attached hydrogens (tertiary/aromatic N) is 2. The van der Waals surface area contributed by atoms with Crippen molar-refractivity contribution in [2.24, 2.45) is 0 Å². The van der Waals surface area contributed by atoms with Crippen molar-refractivity contribution in [1.82, 2.24) is 9.55 Å². The average molecular weight is 426 g/mol. The van der Waals surface area contributed by atoms with E-state index < -0.39 is 0 Å². The summed E-state index contributed by atoms with van der Waals surface area (Å²) in [5, 5.41) is 6.04. The molecule has 0 aliphatic rings. The Kier molecular flexibility index (Phi) is 4.66. The Morgan fingerprint density at radius 2 is 1.18 bits per heavy atom. The fraction of sp³-hybridized carbons (Fsp3) is 0.0333. The van der Waals surface area contributed by atoms with E-state index in [1.165, 1.54) is 27.5 Å². The largest absolute Gasteiger partial charge is 0.340 e. The second-order valence-electron chi connectivity index (χ2n) is 8.24. The molecule has 2 heterocycles. The number of anilines is 2. The summed E-state index contributed by atoms with van der Waals surface area (Å²) in [6, 6.07) is 40.0. The van der Waals surface area contributed by atoms with Gasteiger partial charge in [-0.3, -0.25) is 4.57 Å². The molecule has 3 heteroatoms. The molecule has 4 aromatic carbocycles. The predicted molar refractivity (Wildman–Crippen MR) is 138 cm³/mol. The quantitative estimate of drug-likeness (QED) is 0.311. The minimum atomic E-state index is 0.815. The van der Waals surface area contributed by atoms with E-state index in [0.717, 1.165) is 28.4 Å². The molecule has 0 aliphatic carbocycles. The molecule has 1 N–H and O–H groups in total. The molecule has 0 unspecified atom stereocenters. The summed E-state index contributed by atoms with van der Waals surface area (Å²) in [4.78, 5) is 5.02. The first kappa shape index (κ1) is 19.3. The first-order valence-electron chi connectivity index (χ1n) is 11.2. The zero-order chi connectivity index (χ0) is 22.2. The zero-order valence-corrected chi connectivity index (χ0v) is 18.4. The lowest BCUT2D eigenvalue weighted by atomic mass is 9.99. The van der Waals surface area contributed by atoms with Gasteiger partial charge in [0.05, 0.1) is 11.0 Å². The molecule has 0 atom stereocenters. The number of hydrogen-bond acceptors (Lipinski definition) is 2. The Bertz CT molecular complexity index is 1560. The molecule has 0 bridgehead atoms. The summed E-state index contributed by atoms with van der Waals surface area (Å²) < 4.78 is 2.24. The molecule has 0 amide bonds. The van der Waals surface area contributed by atoms with Gasteiger partial charge < -0.3 is 5.32 Å². The van der Waals surface area contributed by atoms with Crippen LogP contribution in [0.5, 0.6) is 0 Å². The van der Waals surface area contributed by atoms with Crippen LogP contribution in [0.25, 0.3) is 38.8 Å². The summed E-state index contributed by atoms with van der Waals surface area (Å²) in [7, 11) is 0. The van der Waals surface area contributed by atoms with Gasteiger partial charge in [0.2, 0.25) is 0 Å². The number of para-hydroxylation sites is 3. The Labute approximate surface area is 193 Å². The van der Waals surface area contributed by atoms with Crippen LogP contribution in [0.1, 0.15) is 5.56 Å². The van der Waals surface area contributed by atoms with Crippen LogP contribution in [-0.4, -0.2) is 9.55 Å². The fourth-order valence-electron chi connectivity index (χ4n) is 4.63. The van der Waals surface area contributed by atoms with Gasteiger partial charge in [0.15, 0.2) is 0 Å². The number of aromatic nitrogens is 2. The maximum Gasteiger partial charge on any atom is 0.140 e. The molecular weight excluding hydrogens is 402 g/mol. The second-order valence-corrected chi connectivity index (χ2v) is 8.24. The number of rotatable bonds is 4. The van der Waals surface area contributed by atoms with Crippen molar-refractivity contribution in [2.45, 2.75) is 6.92 Å². The molecule has 33 heavy (non-hydrogen) atoms. The van der Waals surface area contributed by atoms with E-state index >= 15 is 0 Å². The van der Waals surface area contributed by atoms with Crippen LogP contribution >= 0.6 is 0 Å². The third kappa shape index (κ3) is 3.35. The van der Waals surface area contributed by atoms with Gasteiger partial charge in [-0.2, -0.15) is 0 Å². The fourth-order valence-corrected chi connectivity index (χ4v) is 4.63. The third-order valence-electron chi connectivity index (χ3n) is 6.17.